The first-order valence-electron chi connectivity index (χ1n) is 13.8. The molecule has 4 aliphatic rings. The van der Waals surface area contributed by atoms with Crippen LogP contribution >= 0.6 is 34.7 Å². The fraction of sp³-hybridized carbons (Fsp3) is 0.281. The molecule has 5 unspecified atom stereocenters. The number of amides is 2. The van der Waals surface area contributed by atoms with Crippen molar-refractivity contribution >= 4 is 52.2 Å². The zero-order chi connectivity index (χ0) is 27.8. The number of nitrogens with one attached hydrogen (secondary N) is 1. The van der Waals surface area contributed by atoms with E-state index in [-0.39, 0.29) is 57.4 Å². The van der Waals surface area contributed by atoms with Crippen molar-refractivity contribution in [3.8, 4) is 5.75 Å². The van der Waals surface area contributed by atoms with Gasteiger partial charge in [0.25, 0.3) is 0 Å². The van der Waals surface area contributed by atoms with Crippen LogP contribution in [0.5, 0.6) is 5.75 Å². The Morgan fingerprint density at radius 1 is 0.878 bits per heavy atom. The molecule has 1 saturated heterocycles. The SMILES string of the molecule is O=C1C2C(C(=O)N1c1ccccc1)[C@@H]1C[C@H]2C2Sc3[nH]c(=O)sc3C(c3ccc(OCc4ccc(Cl)cc4)cc3)C21. The van der Waals surface area contributed by atoms with E-state index >= 15 is 0 Å². The lowest BCUT2D eigenvalue weighted by Crippen LogP contribution is -2.42. The number of carbonyl (C=O) groups is 2. The Labute approximate surface area is 249 Å². The topological polar surface area (TPSA) is 79.5 Å². The van der Waals surface area contributed by atoms with E-state index in [1.807, 2.05) is 66.7 Å². The Balaban J connectivity index is 1.12. The lowest BCUT2D eigenvalue weighted by molar-refractivity contribution is -0.123. The van der Waals surface area contributed by atoms with Crippen LogP contribution in [-0.4, -0.2) is 22.0 Å². The molecule has 0 radical (unpaired) electrons. The predicted molar refractivity (Wildman–Crippen MR) is 160 cm³/mol. The van der Waals surface area contributed by atoms with Gasteiger partial charge in [-0.3, -0.25) is 19.3 Å². The Morgan fingerprint density at radius 2 is 1.59 bits per heavy atom. The van der Waals surface area contributed by atoms with Crippen molar-refractivity contribution in [2.75, 3.05) is 4.90 Å². The molecular weight excluding hydrogens is 576 g/mol. The van der Waals surface area contributed by atoms with Gasteiger partial charge in [0.15, 0.2) is 0 Å². The second kappa shape index (κ2) is 9.61. The lowest BCUT2D eigenvalue weighted by atomic mass is 9.68. The van der Waals surface area contributed by atoms with E-state index in [2.05, 4.69) is 17.1 Å². The van der Waals surface area contributed by atoms with E-state index in [4.69, 9.17) is 16.3 Å². The number of fused-ring (bicyclic) bond motifs is 9. The normalized spacial score (nSPS) is 29.4. The molecule has 6 nitrogen and oxygen atoms in total. The van der Waals surface area contributed by atoms with Gasteiger partial charge in [-0.25, -0.2) is 0 Å². The largest absolute Gasteiger partial charge is 0.489 e. The Hall–Kier alpha value is -3.33. The average molecular weight is 601 g/mol. The number of para-hydroxylation sites is 1. The molecule has 0 spiro atoms. The number of aromatic amines is 1. The number of carbonyl (C=O) groups excluding carboxylic acids is 2. The highest BCUT2D eigenvalue weighted by molar-refractivity contribution is 8.00. The summed E-state index contributed by atoms with van der Waals surface area (Å²) in [7, 11) is 0. The molecule has 3 fully saturated rings. The number of halogens is 1. The molecule has 4 aromatic rings. The van der Waals surface area contributed by atoms with Crippen LogP contribution in [0.25, 0.3) is 0 Å². The highest BCUT2D eigenvalue weighted by atomic mass is 35.5. The van der Waals surface area contributed by atoms with Crippen molar-refractivity contribution in [2.45, 2.75) is 29.2 Å². The molecule has 9 heteroatoms. The maximum atomic E-state index is 13.8. The molecule has 2 aliphatic heterocycles. The first-order valence-corrected chi connectivity index (χ1v) is 15.8. The van der Waals surface area contributed by atoms with Gasteiger partial charge in [-0.1, -0.05) is 65.4 Å². The summed E-state index contributed by atoms with van der Waals surface area (Å²) in [5, 5.41) is 1.77. The number of nitrogens with zero attached hydrogens (tertiary/aromatic N) is 1. The van der Waals surface area contributed by atoms with Crippen LogP contribution in [0.3, 0.4) is 0 Å². The van der Waals surface area contributed by atoms with Crippen LogP contribution in [0.2, 0.25) is 5.02 Å². The molecule has 1 aromatic heterocycles. The number of hydrogen-bond donors (Lipinski definition) is 1. The Bertz CT molecular complexity index is 1720. The first-order chi connectivity index (χ1) is 20.0. The van der Waals surface area contributed by atoms with Crippen LogP contribution in [0, 0.1) is 29.6 Å². The number of thiazole rings is 1. The van der Waals surface area contributed by atoms with Gasteiger partial charge in [-0.15, -0.1) is 11.8 Å². The fourth-order valence-corrected chi connectivity index (χ4v) is 10.8. The molecule has 1 N–H and O–H groups in total. The molecular formula is C32H25ClN2O4S2. The van der Waals surface area contributed by atoms with Crippen LogP contribution < -0.4 is 14.5 Å². The highest BCUT2D eigenvalue weighted by Crippen LogP contribution is 2.68. The zero-order valence-electron chi connectivity index (χ0n) is 21.7. The maximum absolute atomic E-state index is 13.8. The quantitative estimate of drug-likeness (QED) is 0.270. The van der Waals surface area contributed by atoms with Crippen molar-refractivity contribution in [3.63, 3.8) is 0 Å². The van der Waals surface area contributed by atoms with Crippen LogP contribution in [0.1, 0.15) is 28.3 Å². The van der Waals surface area contributed by atoms with E-state index < -0.39 is 0 Å². The number of rotatable bonds is 5. The molecule has 8 rings (SSSR count). The van der Waals surface area contributed by atoms with Gasteiger partial charge in [0.05, 0.1) is 22.5 Å². The molecule has 7 atom stereocenters. The number of aromatic nitrogens is 1. The van der Waals surface area contributed by atoms with Crippen LogP contribution in [0.15, 0.2) is 88.7 Å². The van der Waals surface area contributed by atoms with Gasteiger partial charge in [0.1, 0.15) is 12.4 Å². The van der Waals surface area contributed by atoms with Crippen molar-refractivity contribution in [3.05, 3.63) is 110 Å². The molecule has 206 valence electrons. The average Bonchev–Trinajstić information content (AvgIpc) is 3.72. The number of benzene rings is 3. The minimum Gasteiger partial charge on any atom is -0.489 e. The second-order valence-electron chi connectivity index (χ2n) is 11.3. The maximum Gasteiger partial charge on any atom is 0.305 e. The van der Waals surface area contributed by atoms with Gasteiger partial charge in [0.2, 0.25) is 11.8 Å². The van der Waals surface area contributed by atoms with Crippen molar-refractivity contribution in [2.24, 2.45) is 29.6 Å². The van der Waals surface area contributed by atoms with Gasteiger partial charge in [-0.05, 0) is 71.7 Å². The van der Waals surface area contributed by atoms with E-state index in [1.54, 1.807) is 11.8 Å². The zero-order valence-corrected chi connectivity index (χ0v) is 24.1. The van der Waals surface area contributed by atoms with Crippen LogP contribution in [0.4, 0.5) is 5.69 Å². The van der Waals surface area contributed by atoms with Crippen molar-refractivity contribution in [1.29, 1.82) is 0 Å². The molecule has 3 aromatic carbocycles. The molecule has 3 heterocycles. The number of anilines is 1. The minimum absolute atomic E-state index is 0.0184. The second-order valence-corrected chi connectivity index (χ2v) is 13.9. The summed E-state index contributed by atoms with van der Waals surface area (Å²) in [6.45, 7) is 0.436. The summed E-state index contributed by atoms with van der Waals surface area (Å²) in [6, 6.07) is 25.0. The lowest BCUT2D eigenvalue weighted by Gasteiger charge is -2.43. The van der Waals surface area contributed by atoms with Gasteiger partial charge >= 0.3 is 4.87 Å². The van der Waals surface area contributed by atoms with Crippen LogP contribution in [-0.2, 0) is 16.2 Å². The molecule has 2 amide bonds. The summed E-state index contributed by atoms with van der Waals surface area (Å²) < 4.78 is 6.03. The van der Waals surface area contributed by atoms with Gasteiger partial charge in [-0.2, -0.15) is 0 Å². The number of ether oxygens (including phenoxy) is 1. The Morgan fingerprint density at radius 3 is 2.32 bits per heavy atom. The number of hydrogen-bond acceptors (Lipinski definition) is 6. The third-order valence-electron chi connectivity index (χ3n) is 9.30. The number of H-pyrrole nitrogens is 1. The third kappa shape index (κ3) is 3.95. The number of thioether (sulfide) groups is 1. The van der Waals surface area contributed by atoms with E-state index in [0.29, 0.717) is 17.3 Å². The Kier molecular flexibility index (Phi) is 5.95. The molecule has 41 heavy (non-hydrogen) atoms. The number of imide groups is 1. The van der Waals surface area contributed by atoms with Gasteiger partial charge < -0.3 is 9.72 Å². The summed E-state index contributed by atoms with van der Waals surface area (Å²) in [4.78, 5) is 45.5. The minimum atomic E-state index is -0.309. The standard InChI is InChI=1S/C32H25ClN2O4S2/c33-18-10-6-16(7-11-18)15-39-20-12-8-17(9-13-20)23-24-21-14-22(27(24)40-29-28(23)41-32(38)34-29)26-25(21)30(36)35(31(26)37)19-4-2-1-3-5-19/h1-13,21-27H,14-15H2,(H,34,38)/t21-,22-,23?,24?,25?,26?,27?/m1/s1. The summed E-state index contributed by atoms with van der Waals surface area (Å²) in [5.74, 6) is 0.356. The fourth-order valence-electron chi connectivity index (χ4n) is 7.74. The summed E-state index contributed by atoms with van der Waals surface area (Å²) in [5.41, 5.74) is 2.79. The molecule has 2 aliphatic carbocycles. The highest BCUT2D eigenvalue weighted by Gasteiger charge is 2.69. The smallest absolute Gasteiger partial charge is 0.305 e. The third-order valence-corrected chi connectivity index (χ3v) is 12.1. The van der Waals surface area contributed by atoms with E-state index in [0.717, 1.165) is 33.2 Å². The first kappa shape index (κ1) is 25.4. The monoisotopic (exact) mass is 600 g/mol. The summed E-state index contributed by atoms with van der Waals surface area (Å²) in [6.07, 6.45) is 0.871. The van der Waals surface area contributed by atoms with Gasteiger partial charge in [0, 0.05) is 21.1 Å². The van der Waals surface area contributed by atoms with Crippen molar-refractivity contribution < 1.29 is 14.3 Å². The van der Waals surface area contributed by atoms with Crippen molar-refractivity contribution in [1.82, 2.24) is 4.98 Å². The van der Waals surface area contributed by atoms with E-state index in [1.165, 1.54) is 16.2 Å². The summed E-state index contributed by atoms with van der Waals surface area (Å²) >= 11 is 8.98. The van der Waals surface area contributed by atoms with E-state index in [9.17, 15) is 14.4 Å². The molecule has 2 bridgehead atoms. The predicted octanol–water partition coefficient (Wildman–Crippen LogP) is 6.35. The molecule has 2 saturated carbocycles.